The molecule has 0 spiro atoms. The van der Waals surface area contributed by atoms with Gasteiger partial charge in [0.2, 0.25) is 5.95 Å². The summed E-state index contributed by atoms with van der Waals surface area (Å²) in [6.07, 6.45) is 1.90. The smallest absolute Gasteiger partial charge is 0.223 e. The summed E-state index contributed by atoms with van der Waals surface area (Å²) >= 11 is 0. The summed E-state index contributed by atoms with van der Waals surface area (Å²) in [5, 5.41) is 7.43. The van der Waals surface area contributed by atoms with Gasteiger partial charge in [0, 0.05) is 25.5 Å². The van der Waals surface area contributed by atoms with Crippen LogP contribution in [0.1, 0.15) is 12.6 Å². The number of nitrogens with one attached hydrogen (secondary N) is 1. The zero-order chi connectivity index (χ0) is 11.5. The third kappa shape index (κ3) is 2.18. The number of rotatable bonds is 3. The highest BCUT2D eigenvalue weighted by molar-refractivity contribution is 5.55. The summed E-state index contributed by atoms with van der Waals surface area (Å²) < 4.78 is 1.76. The second kappa shape index (κ2) is 4.30. The highest BCUT2D eigenvalue weighted by Gasteiger charge is 2.06. The van der Waals surface area contributed by atoms with Crippen LogP contribution in [0.15, 0.2) is 18.3 Å². The van der Waals surface area contributed by atoms with E-state index >= 15 is 0 Å². The summed E-state index contributed by atoms with van der Waals surface area (Å²) in [5.74, 6) is 0.656. The molecule has 2 aromatic rings. The van der Waals surface area contributed by atoms with Gasteiger partial charge >= 0.3 is 0 Å². The second-order valence-corrected chi connectivity index (χ2v) is 3.62. The van der Waals surface area contributed by atoms with E-state index in [1.807, 2.05) is 39.2 Å². The Morgan fingerprint density at radius 3 is 2.75 bits per heavy atom. The Labute approximate surface area is 94.5 Å². The number of nitrogens with zero attached hydrogens (tertiary/aromatic N) is 4. The third-order valence-corrected chi connectivity index (χ3v) is 2.17. The van der Waals surface area contributed by atoms with E-state index in [2.05, 4.69) is 20.4 Å². The van der Waals surface area contributed by atoms with Gasteiger partial charge in [-0.05, 0) is 26.0 Å². The first kappa shape index (κ1) is 10.6. The normalized spacial score (nSPS) is 10.4. The molecule has 0 radical (unpaired) electrons. The third-order valence-electron chi connectivity index (χ3n) is 2.17. The van der Waals surface area contributed by atoms with E-state index in [0.717, 1.165) is 23.6 Å². The lowest BCUT2D eigenvalue weighted by atomic mass is 10.2. The van der Waals surface area contributed by atoms with Crippen molar-refractivity contribution in [2.45, 2.75) is 13.8 Å². The summed E-state index contributed by atoms with van der Waals surface area (Å²) in [6.45, 7) is 4.78. The van der Waals surface area contributed by atoms with Gasteiger partial charge in [-0.25, -0.2) is 9.97 Å². The molecule has 0 amide bonds. The van der Waals surface area contributed by atoms with Crippen LogP contribution in [0.3, 0.4) is 0 Å². The van der Waals surface area contributed by atoms with Gasteiger partial charge in [-0.2, -0.15) is 5.10 Å². The first-order valence-electron chi connectivity index (χ1n) is 5.28. The molecule has 0 aliphatic rings. The van der Waals surface area contributed by atoms with Crippen molar-refractivity contribution >= 4 is 5.95 Å². The highest BCUT2D eigenvalue weighted by Crippen LogP contribution is 2.16. The highest BCUT2D eigenvalue weighted by atomic mass is 15.3. The average molecular weight is 217 g/mol. The molecule has 0 saturated carbocycles. The molecule has 0 unspecified atom stereocenters. The molecule has 1 N–H and O–H groups in total. The predicted molar refractivity (Wildman–Crippen MR) is 63.1 cm³/mol. The van der Waals surface area contributed by atoms with Crippen molar-refractivity contribution < 1.29 is 0 Å². The molecule has 16 heavy (non-hydrogen) atoms. The Morgan fingerprint density at radius 2 is 2.12 bits per heavy atom. The molecule has 5 nitrogen and oxygen atoms in total. The van der Waals surface area contributed by atoms with Gasteiger partial charge in [-0.15, -0.1) is 0 Å². The van der Waals surface area contributed by atoms with E-state index in [1.165, 1.54) is 0 Å². The van der Waals surface area contributed by atoms with Gasteiger partial charge in [-0.1, -0.05) is 0 Å². The number of hydrogen-bond donors (Lipinski definition) is 1. The fourth-order valence-electron chi connectivity index (χ4n) is 1.49. The van der Waals surface area contributed by atoms with Crippen LogP contribution < -0.4 is 5.32 Å². The molecule has 0 saturated heterocycles. The molecule has 2 heterocycles. The zero-order valence-electron chi connectivity index (χ0n) is 9.73. The van der Waals surface area contributed by atoms with Crippen LogP contribution in [-0.2, 0) is 7.05 Å². The first-order valence-corrected chi connectivity index (χ1v) is 5.28. The number of anilines is 1. The Hall–Kier alpha value is -1.91. The maximum atomic E-state index is 4.41. The van der Waals surface area contributed by atoms with Gasteiger partial charge < -0.3 is 5.32 Å². The van der Waals surface area contributed by atoms with Crippen molar-refractivity contribution in [2.24, 2.45) is 7.05 Å². The van der Waals surface area contributed by atoms with Crippen molar-refractivity contribution in [1.82, 2.24) is 19.7 Å². The van der Waals surface area contributed by atoms with Gasteiger partial charge in [0.05, 0.1) is 5.69 Å². The van der Waals surface area contributed by atoms with Crippen LogP contribution in [-0.4, -0.2) is 26.3 Å². The summed E-state index contributed by atoms with van der Waals surface area (Å²) in [4.78, 5) is 8.71. The predicted octanol–water partition coefficient (Wildman–Crippen LogP) is 1.62. The molecule has 0 aliphatic carbocycles. The minimum Gasteiger partial charge on any atom is -0.354 e. The standard InChI is InChI=1S/C11H15N5/c1-4-12-11-13-8(2)7-10(14-11)9-5-6-16(3)15-9/h5-7H,4H2,1-3H3,(H,12,13,14). The minimum absolute atomic E-state index is 0.656. The number of hydrogen-bond acceptors (Lipinski definition) is 4. The number of aromatic nitrogens is 4. The fourth-order valence-corrected chi connectivity index (χ4v) is 1.49. The van der Waals surface area contributed by atoms with E-state index in [9.17, 15) is 0 Å². The summed E-state index contributed by atoms with van der Waals surface area (Å²) in [5.41, 5.74) is 2.66. The Balaban J connectivity index is 2.40. The average Bonchev–Trinajstić information content (AvgIpc) is 2.64. The van der Waals surface area contributed by atoms with Crippen LogP contribution in [0, 0.1) is 6.92 Å². The van der Waals surface area contributed by atoms with Crippen LogP contribution in [0.4, 0.5) is 5.95 Å². The summed E-state index contributed by atoms with van der Waals surface area (Å²) in [6, 6.07) is 3.88. The monoisotopic (exact) mass is 217 g/mol. The van der Waals surface area contributed by atoms with Crippen molar-refractivity contribution in [3.05, 3.63) is 24.0 Å². The molecule has 0 atom stereocenters. The van der Waals surface area contributed by atoms with Gasteiger partial charge in [-0.3, -0.25) is 4.68 Å². The molecule has 0 aromatic carbocycles. The topological polar surface area (TPSA) is 55.6 Å². The minimum atomic E-state index is 0.656. The molecular weight excluding hydrogens is 202 g/mol. The molecule has 0 fully saturated rings. The van der Waals surface area contributed by atoms with Gasteiger partial charge in [0.25, 0.3) is 0 Å². The molecule has 84 valence electrons. The van der Waals surface area contributed by atoms with E-state index in [0.29, 0.717) is 5.95 Å². The fraction of sp³-hybridized carbons (Fsp3) is 0.364. The van der Waals surface area contributed by atoms with Crippen molar-refractivity contribution in [3.8, 4) is 11.4 Å². The molecular formula is C11H15N5. The maximum absolute atomic E-state index is 4.41. The molecule has 2 aromatic heterocycles. The molecule has 0 aliphatic heterocycles. The molecule has 2 rings (SSSR count). The maximum Gasteiger partial charge on any atom is 0.223 e. The molecule has 0 bridgehead atoms. The van der Waals surface area contributed by atoms with E-state index < -0.39 is 0 Å². The quantitative estimate of drug-likeness (QED) is 0.848. The lowest BCUT2D eigenvalue weighted by Crippen LogP contribution is -2.04. The van der Waals surface area contributed by atoms with E-state index in [1.54, 1.807) is 4.68 Å². The zero-order valence-corrected chi connectivity index (χ0v) is 9.73. The van der Waals surface area contributed by atoms with Gasteiger partial charge in [0.1, 0.15) is 5.69 Å². The lowest BCUT2D eigenvalue weighted by molar-refractivity contribution is 0.769. The number of aryl methyl sites for hydroxylation is 2. The molecule has 5 heteroatoms. The van der Waals surface area contributed by atoms with Crippen LogP contribution >= 0.6 is 0 Å². The van der Waals surface area contributed by atoms with Gasteiger partial charge in [0.15, 0.2) is 0 Å². The van der Waals surface area contributed by atoms with Crippen LogP contribution in [0.25, 0.3) is 11.4 Å². The lowest BCUT2D eigenvalue weighted by Gasteiger charge is -2.04. The van der Waals surface area contributed by atoms with Crippen molar-refractivity contribution in [3.63, 3.8) is 0 Å². The Morgan fingerprint density at radius 1 is 1.31 bits per heavy atom. The van der Waals surface area contributed by atoms with Crippen LogP contribution in [0.2, 0.25) is 0 Å². The van der Waals surface area contributed by atoms with E-state index in [4.69, 9.17) is 0 Å². The van der Waals surface area contributed by atoms with Crippen molar-refractivity contribution in [1.29, 1.82) is 0 Å². The van der Waals surface area contributed by atoms with E-state index in [-0.39, 0.29) is 0 Å². The van der Waals surface area contributed by atoms with Crippen molar-refractivity contribution in [2.75, 3.05) is 11.9 Å². The van der Waals surface area contributed by atoms with Crippen LogP contribution in [0.5, 0.6) is 0 Å². The summed E-state index contributed by atoms with van der Waals surface area (Å²) in [7, 11) is 1.89. The Kier molecular flexibility index (Phi) is 2.85. The largest absolute Gasteiger partial charge is 0.354 e. The Bertz CT molecular complexity index is 489. The second-order valence-electron chi connectivity index (χ2n) is 3.62. The first-order chi connectivity index (χ1) is 7.69. The SMILES string of the molecule is CCNc1nc(C)cc(-c2ccn(C)n2)n1.